The van der Waals surface area contributed by atoms with E-state index in [2.05, 4.69) is 17.1 Å². The molecule has 2 aliphatic heterocycles. The minimum atomic E-state index is -0.728. The van der Waals surface area contributed by atoms with E-state index in [-0.39, 0.29) is 23.7 Å². The van der Waals surface area contributed by atoms with Crippen molar-refractivity contribution in [2.45, 2.75) is 89.3 Å². The first kappa shape index (κ1) is 23.2. The molecule has 3 fully saturated rings. The Hall–Kier alpha value is -1.95. The summed E-state index contributed by atoms with van der Waals surface area (Å²) in [6, 6.07) is 6.35. The maximum absolute atomic E-state index is 13.6. The molecule has 2 amide bonds. The van der Waals surface area contributed by atoms with Crippen molar-refractivity contribution in [3.05, 3.63) is 35.6 Å². The van der Waals surface area contributed by atoms with Gasteiger partial charge in [-0.05, 0) is 49.3 Å². The molecule has 1 N–H and O–H groups in total. The highest BCUT2D eigenvalue weighted by atomic mass is 19.1. The Balaban J connectivity index is 1.44. The van der Waals surface area contributed by atoms with Gasteiger partial charge in [0.25, 0.3) is 0 Å². The molecule has 176 valence electrons. The van der Waals surface area contributed by atoms with Gasteiger partial charge in [-0.15, -0.1) is 0 Å². The van der Waals surface area contributed by atoms with E-state index in [0.29, 0.717) is 31.8 Å². The van der Waals surface area contributed by atoms with Gasteiger partial charge in [-0.3, -0.25) is 14.5 Å². The predicted molar refractivity (Wildman–Crippen MR) is 123 cm³/mol. The molecule has 32 heavy (non-hydrogen) atoms. The third kappa shape index (κ3) is 5.00. The SMILES string of the molecule is CCCCN1C(=O)[C@H](CC2CCCCC2)NC(=O)C12CCN(Cc1cccc(F)c1)CC2. The van der Waals surface area contributed by atoms with Crippen LogP contribution < -0.4 is 5.32 Å². The number of piperazine rings is 1. The average molecular weight is 444 g/mol. The van der Waals surface area contributed by atoms with Gasteiger partial charge >= 0.3 is 0 Å². The molecule has 1 aliphatic carbocycles. The second-order valence-corrected chi connectivity index (χ2v) is 10.0. The van der Waals surface area contributed by atoms with Crippen LogP contribution in [-0.2, 0) is 16.1 Å². The van der Waals surface area contributed by atoms with E-state index in [1.807, 2.05) is 11.0 Å². The third-order valence-corrected chi connectivity index (χ3v) is 7.82. The molecule has 0 aromatic heterocycles. The average Bonchev–Trinajstić information content (AvgIpc) is 2.80. The molecular formula is C26H38FN3O2. The Bertz CT molecular complexity index is 800. The Morgan fingerprint density at radius 1 is 1.12 bits per heavy atom. The van der Waals surface area contributed by atoms with E-state index in [0.717, 1.165) is 37.9 Å². The first-order valence-corrected chi connectivity index (χ1v) is 12.6. The van der Waals surface area contributed by atoms with Crippen LogP contribution in [0.25, 0.3) is 0 Å². The maximum atomic E-state index is 13.6. The molecule has 1 aromatic carbocycles. The number of nitrogens with zero attached hydrogens (tertiary/aromatic N) is 2. The van der Waals surface area contributed by atoms with Crippen LogP contribution in [0.3, 0.4) is 0 Å². The van der Waals surface area contributed by atoms with E-state index < -0.39 is 5.54 Å². The monoisotopic (exact) mass is 443 g/mol. The van der Waals surface area contributed by atoms with Crippen molar-refractivity contribution >= 4 is 11.8 Å². The number of piperidine rings is 1. The van der Waals surface area contributed by atoms with Crippen molar-refractivity contribution in [1.29, 1.82) is 0 Å². The largest absolute Gasteiger partial charge is 0.342 e. The number of halogens is 1. The van der Waals surface area contributed by atoms with E-state index in [4.69, 9.17) is 0 Å². The van der Waals surface area contributed by atoms with E-state index >= 15 is 0 Å². The van der Waals surface area contributed by atoms with Crippen LogP contribution in [0.4, 0.5) is 4.39 Å². The van der Waals surface area contributed by atoms with E-state index in [9.17, 15) is 14.0 Å². The van der Waals surface area contributed by atoms with Gasteiger partial charge in [0.15, 0.2) is 0 Å². The van der Waals surface area contributed by atoms with Gasteiger partial charge in [-0.1, -0.05) is 57.6 Å². The predicted octanol–water partition coefficient (Wildman–Crippen LogP) is 4.26. The number of nitrogens with one attached hydrogen (secondary N) is 1. The zero-order chi connectivity index (χ0) is 22.6. The molecule has 2 heterocycles. The molecule has 4 rings (SSSR count). The molecular weight excluding hydrogens is 405 g/mol. The second kappa shape index (κ2) is 10.3. The zero-order valence-corrected chi connectivity index (χ0v) is 19.5. The lowest BCUT2D eigenvalue weighted by Crippen LogP contribution is -2.73. The highest BCUT2D eigenvalue weighted by molar-refractivity contribution is 6.00. The maximum Gasteiger partial charge on any atom is 0.246 e. The first-order chi connectivity index (χ1) is 15.5. The van der Waals surface area contributed by atoms with Crippen LogP contribution in [0.5, 0.6) is 0 Å². The Kier molecular flexibility index (Phi) is 7.49. The van der Waals surface area contributed by atoms with E-state index in [1.54, 1.807) is 12.1 Å². The molecule has 1 saturated carbocycles. The molecule has 5 nitrogen and oxygen atoms in total. The highest BCUT2D eigenvalue weighted by Crippen LogP contribution is 2.36. The molecule has 6 heteroatoms. The molecule has 0 bridgehead atoms. The summed E-state index contributed by atoms with van der Waals surface area (Å²) in [6.45, 7) is 4.92. The first-order valence-electron chi connectivity index (χ1n) is 12.6. The molecule has 3 aliphatic rings. The van der Waals surface area contributed by atoms with Crippen molar-refractivity contribution in [2.75, 3.05) is 19.6 Å². The van der Waals surface area contributed by atoms with Gasteiger partial charge in [0.05, 0.1) is 0 Å². The number of carbonyl (C=O) groups excluding carboxylic acids is 2. The summed E-state index contributed by atoms with van der Waals surface area (Å²) < 4.78 is 13.6. The van der Waals surface area contributed by atoms with Crippen LogP contribution in [0, 0.1) is 11.7 Å². The standard InChI is InChI=1S/C26H38FN3O2/c1-2-3-14-30-24(31)23(18-20-8-5-4-6-9-20)28-25(32)26(30)12-15-29(16-13-26)19-21-10-7-11-22(27)17-21/h7,10-11,17,20,23H,2-6,8-9,12-16,18-19H2,1H3,(H,28,32)/t23-/m0/s1. The van der Waals surface area contributed by atoms with Crippen molar-refractivity contribution in [2.24, 2.45) is 5.92 Å². The van der Waals surface area contributed by atoms with Crippen LogP contribution in [0.1, 0.15) is 76.7 Å². The van der Waals surface area contributed by atoms with E-state index in [1.165, 1.54) is 38.2 Å². The number of amides is 2. The van der Waals surface area contributed by atoms with Crippen LogP contribution >= 0.6 is 0 Å². The van der Waals surface area contributed by atoms with Crippen molar-refractivity contribution < 1.29 is 14.0 Å². The molecule has 1 spiro atoms. The number of rotatable bonds is 7. The quantitative estimate of drug-likeness (QED) is 0.685. The lowest BCUT2D eigenvalue weighted by atomic mass is 9.79. The Morgan fingerprint density at radius 3 is 2.56 bits per heavy atom. The molecule has 0 radical (unpaired) electrons. The summed E-state index contributed by atoms with van der Waals surface area (Å²) in [5, 5.41) is 3.15. The number of benzene rings is 1. The molecule has 0 unspecified atom stereocenters. The Labute approximate surface area is 191 Å². The van der Waals surface area contributed by atoms with Gasteiger partial charge in [-0.25, -0.2) is 4.39 Å². The smallest absolute Gasteiger partial charge is 0.246 e. The number of hydrogen-bond donors (Lipinski definition) is 1. The summed E-state index contributed by atoms with van der Waals surface area (Å²) in [7, 11) is 0. The fourth-order valence-corrected chi connectivity index (χ4v) is 5.90. The number of carbonyl (C=O) groups is 2. The lowest BCUT2D eigenvalue weighted by molar-refractivity contribution is -0.162. The van der Waals surface area contributed by atoms with Gasteiger partial charge < -0.3 is 10.2 Å². The molecule has 1 atom stereocenters. The summed E-state index contributed by atoms with van der Waals surface area (Å²) in [5.74, 6) is 0.498. The fraction of sp³-hybridized carbons (Fsp3) is 0.692. The second-order valence-electron chi connectivity index (χ2n) is 10.0. The van der Waals surface area contributed by atoms with Gasteiger partial charge in [0, 0.05) is 26.2 Å². The number of unbranched alkanes of at least 4 members (excludes halogenated alkanes) is 1. The third-order valence-electron chi connectivity index (χ3n) is 7.82. The lowest BCUT2D eigenvalue weighted by Gasteiger charge is -2.52. The normalized spacial score (nSPS) is 24.7. The summed E-state index contributed by atoms with van der Waals surface area (Å²) in [4.78, 5) is 31.3. The Morgan fingerprint density at radius 2 is 1.88 bits per heavy atom. The number of hydrogen-bond acceptors (Lipinski definition) is 3. The summed E-state index contributed by atoms with van der Waals surface area (Å²) >= 11 is 0. The van der Waals surface area contributed by atoms with Gasteiger partial charge in [0.2, 0.25) is 11.8 Å². The fourth-order valence-electron chi connectivity index (χ4n) is 5.90. The van der Waals surface area contributed by atoms with Crippen molar-refractivity contribution in [3.63, 3.8) is 0 Å². The minimum absolute atomic E-state index is 0.0411. The van der Waals surface area contributed by atoms with Crippen molar-refractivity contribution in [1.82, 2.24) is 15.1 Å². The van der Waals surface area contributed by atoms with Crippen LogP contribution in [0.2, 0.25) is 0 Å². The minimum Gasteiger partial charge on any atom is -0.342 e. The molecule has 2 saturated heterocycles. The number of likely N-dealkylation sites (tertiary alicyclic amines) is 1. The zero-order valence-electron chi connectivity index (χ0n) is 19.5. The topological polar surface area (TPSA) is 52.7 Å². The van der Waals surface area contributed by atoms with Gasteiger partial charge in [-0.2, -0.15) is 0 Å². The van der Waals surface area contributed by atoms with Crippen LogP contribution in [-0.4, -0.2) is 52.8 Å². The summed E-state index contributed by atoms with van der Waals surface area (Å²) in [5.41, 5.74) is 0.216. The van der Waals surface area contributed by atoms with Crippen LogP contribution in [0.15, 0.2) is 24.3 Å². The highest BCUT2D eigenvalue weighted by Gasteiger charge is 2.53. The van der Waals surface area contributed by atoms with Crippen molar-refractivity contribution in [3.8, 4) is 0 Å². The van der Waals surface area contributed by atoms with Gasteiger partial charge in [0.1, 0.15) is 17.4 Å². The molecule has 1 aromatic rings. The summed E-state index contributed by atoms with van der Waals surface area (Å²) in [6.07, 6.45) is 10.1.